The summed E-state index contributed by atoms with van der Waals surface area (Å²) in [6.07, 6.45) is 0. The Kier molecular flexibility index (Phi) is 6.52. The molecule has 0 saturated heterocycles. The van der Waals surface area contributed by atoms with Gasteiger partial charge in [0, 0.05) is 49.1 Å². The fourth-order valence-corrected chi connectivity index (χ4v) is 10.5. The first kappa shape index (κ1) is 33.6. The van der Waals surface area contributed by atoms with Crippen LogP contribution in [0.15, 0.2) is 160 Å². The van der Waals surface area contributed by atoms with Crippen LogP contribution in [-0.2, 0) is 10.8 Å². The van der Waals surface area contributed by atoms with E-state index < -0.39 is 0 Å². The van der Waals surface area contributed by atoms with Crippen LogP contribution in [0.25, 0.3) is 111 Å². The first-order valence-electron chi connectivity index (χ1n) is 20.7. The fraction of sp³-hybridized carbons (Fsp3) is 0.109. The second-order valence-corrected chi connectivity index (χ2v) is 17.5. The Labute approximate surface area is 346 Å². The van der Waals surface area contributed by atoms with Crippen molar-refractivity contribution in [2.75, 3.05) is 0 Å². The highest BCUT2D eigenvalue weighted by atomic mass is 16.3. The summed E-state index contributed by atoms with van der Waals surface area (Å²) in [5, 5.41) is 6.48. The highest BCUT2D eigenvalue weighted by molar-refractivity contribution is 6.16. The number of para-hydroxylation sites is 2. The van der Waals surface area contributed by atoms with Gasteiger partial charge in [0.1, 0.15) is 22.3 Å². The van der Waals surface area contributed by atoms with E-state index in [1.165, 1.54) is 33.4 Å². The van der Waals surface area contributed by atoms with Gasteiger partial charge >= 0.3 is 0 Å². The predicted molar refractivity (Wildman–Crippen MR) is 243 cm³/mol. The van der Waals surface area contributed by atoms with Gasteiger partial charge in [-0.1, -0.05) is 161 Å². The van der Waals surface area contributed by atoms with Gasteiger partial charge < -0.3 is 8.83 Å². The van der Waals surface area contributed by atoms with Gasteiger partial charge in [-0.3, -0.25) is 0 Å². The van der Waals surface area contributed by atoms with Crippen LogP contribution in [0.2, 0.25) is 0 Å². The van der Waals surface area contributed by atoms with Crippen LogP contribution in [0.5, 0.6) is 0 Å². The average molecular weight is 772 g/mol. The van der Waals surface area contributed by atoms with Crippen molar-refractivity contribution in [2.45, 2.75) is 38.5 Å². The van der Waals surface area contributed by atoms with Crippen molar-refractivity contribution in [1.82, 2.24) is 15.0 Å². The molecule has 13 rings (SSSR count). The topological polar surface area (TPSA) is 65.0 Å². The largest absolute Gasteiger partial charge is 0.455 e. The van der Waals surface area contributed by atoms with Crippen molar-refractivity contribution < 1.29 is 8.83 Å². The fourth-order valence-electron chi connectivity index (χ4n) is 10.5. The van der Waals surface area contributed by atoms with Gasteiger partial charge in [0.2, 0.25) is 0 Å². The summed E-state index contributed by atoms with van der Waals surface area (Å²) in [4.78, 5) is 15.8. The number of hydrogen-bond donors (Lipinski definition) is 0. The van der Waals surface area contributed by atoms with Crippen LogP contribution in [-0.4, -0.2) is 15.0 Å². The number of aromatic nitrogens is 3. The summed E-state index contributed by atoms with van der Waals surface area (Å²) in [6, 6.07) is 53.8. The van der Waals surface area contributed by atoms with E-state index in [1.54, 1.807) is 0 Å². The van der Waals surface area contributed by atoms with Crippen molar-refractivity contribution in [3.8, 4) is 56.4 Å². The third-order valence-corrected chi connectivity index (χ3v) is 13.5. The summed E-state index contributed by atoms with van der Waals surface area (Å²) >= 11 is 0. The number of hydrogen-bond acceptors (Lipinski definition) is 5. The van der Waals surface area contributed by atoms with Crippen molar-refractivity contribution >= 4 is 54.6 Å². The van der Waals surface area contributed by atoms with Crippen LogP contribution in [0.3, 0.4) is 0 Å². The molecule has 0 spiro atoms. The molecule has 5 nitrogen and oxygen atoms in total. The molecule has 0 amide bonds. The standard InChI is InChI=1S/C55H37N3O2/c1-54(2)41-21-9-7-15-37(41)45-43(54)27-25-35-33-17-11-19-39(47(33)59-49(35)45)52-56-51(32-24-23-30-13-5-6-14-31(30)29-32)57-53(58-52)40-20-12-18-34-36-26-28-44-46(50(36)60-48(34)40)38-16-8-10-22-42(38)55(44,3)4/h5-29H,1-4H3. The van der Waals surface area contributed by atoms with Gasteiger partial charge in [-0.05, 0) is 62.4 Å². The number of benzene rings is 8. The molecular formula is C55H37N3O2. The zero-order valence-corrected chi connectivity index (χ0v) is 33.6. The molecule has 0 bridgehead atoms. The van der Waals surface area contributed by atoms with Gasteiger partial charge in [-0.25, -0.2) is 15.0 Å². The predicted octanol–water partition coefficient (Wildman–Crippen LogP) is 14.4. The molecule has 0 saturated carbocycles. The van der Waals surface area contributed by atoms with Crippen molar-refractivity contribution in [3.63, 3.8) is 0 Å². The van der Waals surface area contributed by atoms with Gasteiger partial charge in [0.05, 0.1) is 11.1 Å². The van der Waals surface area contributed by atoms with Gasteiger partial charge in [0.25, 0.3) is 0 Å². The van der Waals surface area contributed by atoms with Crippen LogP contribution >= 0.6 is 0 Å². The molecule has 0 radical (unpaired) electrons. The molecule has 5 heteroatoms. The molecule has 0 aliphatic heterocycles. The molecule has 284 valence electrons. The highest BCUT2D eigenvalue weighted by Crippen LogP contribution is 2.54. The van der Waals surface area contributed by atoms with Crippen LogP contribution < -0.4 is 0 Å². The second kappa shape index (κ2) is 11.6. The molecule has 3 aromatic heterocycles. The minimum absolute atomic E-state index is 0.142. The Bertz CT molecular complexity index is 3480. The number of nitrogens with zero attached hydrogens (tertiary/aromatic N) is 3. The Hall–Kier alpha value is -7.37. The lowest BCUT2D eigenvalue weighted by atomic mass is 9.82. The molecule has 2 aliphatic carbocycles. The molecule has 2 aliphatic rings. The Morgan fingerprint density at radius 1 is 0.350 bits per heavy atom. The molecule has 3 heterocycles. The summed E-state index contributed by atoms with van der Waals surface area (Å²) in [5.41, 5.74) is 15.5. The number of rotatable bonds is 3. The van der Waals surface area contributed by atoms with E-state index in [4.69, 9.17) is 23.8 Å². The van der Waals surface area contributed by atoms with Gasteiger partial charge in [-0.15, -0.1) is 0 Å². The van der Waals surface area contributed by atoms with E-state index in [9.17, 15) is 0 Å². The van der Waals surface area contributed by atoms with E-state index in [-0.39, 0.29) is 10.8 Å². The lowest BCUT2D eigenvalue weighted by Crippen LogP contribution is -2.14. The van der Waals surface area contributed by atoms with Crippen molar-refractivity contribution in [3.05, 3.63) is 174 Å². The zero-order chi connectivity index (χ0) is 40.1. The van der Waals surface area contributed by atoms with E-state index in [0.29, 0.717) is 17.5 Å². The van der Waals surface area contributed by atoms with E-state index in [2.05, 4.69) is 179 Å². The van der Waals surface area contributed by atoms with Crippen molar-refractivity contribution in [2.24, 2.45) is 0 Å². The zero-order valence-electron chi connectivity index (χ0n) is 33.6. The molecule has 8 aromatic carbocycles. The Morgan fingerprint density at radius 3 is 1.35 bits per heavy atom. The van der Waals surface area contributed by atoms with Crippen LogP contribution in [0.1, 0.15) is 49.9 Å². The maximum atomic E-state index is 7.06. The summed E-state index contributed by atoms with van der Waals surface area (Å²) in [5.74, 6) is 1.65. The van der Waals surface area contributed by atoms with E-state index in [0.717, 1.165) is 82.5 Å². The minimum Gasteiger partial charge on any atom is -0.455 e. The summed E-state index contributed by atoms with van der Waals surface area (Å²) in [7, 11) is 0. The average Bonchev–Trinajstić information content (AvgIpc) is 3.99. The van der Waals surface area contributed by atoms with E-state index in [1.807, 2.05) is 0 Å². The molecule has 0 unspecified atom stereocenters. The summed E-state index contributed by atoms with van der Waals surface area (Å²) in [6.45, 7) is 9.20. The normalized spacial score (nSPS) is 14.6. The summed E-state index contributed by atoms with van der Waals surface area (Å²) < 4.78 is 14.1. The lowest BCUT2D eigenvalue weighted by Gasteiger charge is -2.21. The molecule has 0 N–H and O–H groups in total. The Balaban J connectivity index is 1.07. The monoisotopic (exact) mass is 771 g/mol. The molecule has 11 aromatic rings. The molecular weight excluding hydrogens is 735 g/mol. The van der Waals surface area contributed by atoms with Crippen LogP contribution in [0, 0.1) is 0 Å². The third kappa shape index (κ3) is 4.39. The quantitative estimate of drug-likeness (QED) is 0.179. The van der Waals surface area contributed by atoms with Gasteiger partial charge in [-0.2, -0.15) is 0 Å². The van der Waals surface area contributed by atoms with E-state index >= 15 is 0 Å². The highest BCUT2D eigenvalue weighted by Gasteiger charge is 2.39. The first-order chi connectivity index (χ1) is 29.3. The molecule has 0 fully saturated rings. The minimum atomic E-state index is -0.142. The maximum Gasteiger partial charge on any atom is 0.167 e. The first-order valence-corrected chi connectivity index (χ1v) is 20.7. The van der Waals surface area contributed by atoms with Crippen molar-refractivity contribution in [1.29, 1.82) is 0 Å². The molecule has 0 atom stereocenters. The number of furan rings is 2. The second-order valence-electron chi connectivity index (χ2n) is 17.5. The third-order valence-electron chi connectivity index (χ3n) is 13.5. The number of fused-ring (bicyclic) bond motifs is 15. The Morgan fingerprint density at radius 2 is 0.800 bits per heavy atom. The van der Waals surface area contributed by atoms with Gasteiger partial charge in [0.15, 0.2) is 17.5 Å². The lowest BCUT2D eigenvalue weighted by molar-refractivity contribution is 0.653. The SMILES string of the molecule is CC1(C)c2ccccc2-c2c1ccc1c2oc2c(-c3nc(-c4ccc5ccccc5c4)nc(-c4cccc5c4oc4c6c(ccc45)C(C)(C)c4ccccc4-6)n3)cccc21. The molecule has 60 heavy (non-hydrogen) atoms. The van der Waals surface area contributed by atoms with Crippen LogP contribution in [0.4, 0.5) is 0 Å². The maximum absolute atomic E-state index is 7.06. The smallest absolute Gasteiger partial charge is 0.167 e.